The van der Waals surface area contributed by atoms with Gasteiger partial charge in [0.05, 0.1) is 11.6 Å². The second kappa shape index (κ2) is 7.67. The molecule has 0 radical (unpaired) electrons. The molecule has 4 aromatic rings. The molecule has 2 heterocycles. The number of aromatic nitrogens is 1. The Labute approximate surface area is 190 Å². The predicted octanol–water partition coefficient (Wildman–Crippen LogP) is 5.12. The SMILES string of the molecule is Cc1ccc(N2C(=O)C(=O)/C(=C(\O)c3c[nH]c4ccccc34)C2c2cccc(O)c2)cc1C. The summed E-state index contributed by atoms with van der Waals surface area (Å²) in [7, 11) is 0. The van der Waals surface area contributed by atoms with Crippen molar-refractivity contribution in [3.05, 3.63) is 101 Å². The van der Waals surface area contributed by atoms with Crippen molar-refractivity contribution < 1.29 is 19.8 Å². The predicted molar refractivity (Wildman–Crippen MR) is 127 cm³/mol. The topological polar surface area (TPSA) is 93.6 Å². The zero-order valence-electron chi connectivity index (χ0n) is 18.2. The Morgan fingerprint density at radius 3 is 2.48 bits per heavy atom. The van der Waals surface area contributed by atoms with Gasteiger partial charge in [-0.2, -0.15) is 0 Å². The highest BCUT2D eigenvalue weighted by atomic mass is 16.3. The lowest BCUT2D eigenvalue weighted by atomic mass is 9.94. The number of aliphatic hydroxyl groups excluding tert-OH is 1. The molecular formula is C27H22N2O4. The van der Waals surface area contributed by atoms with E-state index < -0.39 is 17.7 Å². The molecule has 1 aromatic heterocycles. The van der Waals surface area contributed by atoms with Crippen LogP contribution in [-0.2, 0) is 9.59 Å². The fourth-order valence-corrected chi connectivity index (χ4v) is 4.40. The van der Waals surface area contributed by atoms with Crippen LogP contribution in [-0.4, -0.2) is 26.9 Å². The third-order valence-electron chi connectivity index (χ3n) is 6.24. The second-order valence-corrected chi connectivity index (χ2v) is 8.28. The highest BCUT2D eigenvalue weighted by Crippen LogP contribution is 2.43. The molecule has 1 unspecified atom stereocenters. The molecule has 1 atom stereocenters. The molecule has 1 aliphatic rings. The summed E-state index contributed by atoms with van der Waals surface area (Å²) < 4.78 is 0. The standard InChI is InChI=1S/C27H22N2O4/c1-15-10-11-18(12-16(15)2)29-24(17-6-5-7-19(30)13-17)23(26(32)27(29)33)25(31)21-14-28-22-9-4-3-8-20(21)22/h3-14,24,28,30-31H,1-2H3/b25-23-. The number of Topliss-reactive ketones (excluding diaryl/α,β-unsaturated/α-hetero) is 1. The van der Waals surface area contributed by atoms with Crippen LogP contribution < -0.4 is 4.90 Å². The molecule has 164 valence electrons. The molecule has 1 fully saturated rings. The molecule has 0 bridgehead atoms. The number of anilines is 1. The zero-order chi connectivity index (χ0) is 23.3. The van der Waals surface area contributed by atoms with Crippen molar-refractivity contribution in [1.29, 1.82) is 0 Å². The number of hydrogen-bond donors (Lipinski definition) is 3. The fraction of sp³-hybridized carbons (Fsp3) is 0.111. The molecule has 1 amide bonds. The van der Waals surface area contributed by atoms with E-state index in [1.54, 1.807) is 24.4 Å². The average Bonchev–Trinajstić information content (AvgIpc) is 3.35. The molecule has 3 N–H and O–H groups in total. The first-order valence-electron chi connectivity index (χ1n) is 10.6. The van der Waals surface area contributed by atoms with Crippen molar-refractivity contribution in [2.45, 2.75) is 19.9 Å². The van der Waals surface area contributed by atoms with Crippen molar-refractivity contribution in [1.82, 2.24) is 4.98 Å². The van der Waals surface area contributed by atoms with Gasteiger partial charge >= 0.3 is 0 Å². The van der Waals surface area contributed by atoms with Crippen LogP contribution in [0, 0.1) is 13.8 Å². The maximum atomic E-state index is 13.3. The number of amides is 1. The number of phenols is 1. The van der Waals surface area contributed by atoms with Gasteiger partial charge in [0.1, 0.15) is 11.5 Å². The lowest BCUT2D eigenvalue weighted by Gasteiger charge is -2.26. The number of H-pyrrole nitrogens is 1. The van der Waals surface area contributed by atoms with Crippen LogP contribution in [0.1, 0.15) is 28.3 Å². The first kappa shape index (κ1) is 20.6. The highest BCUT2D eigenvalue weighted by Gasteiger charge is 2.47. The number of aliphatic hydroxyl groups is 1. The van der Waals surface area contributed by atoms with Crippen molar-refractivity contribution in [3.8, 4) is 5.75 Å². The van der Waals surface area contributed by atoms with Crippen LogP contribution in [0.3, 0.4) is 0 Å². The quantitative estimate of drug-likeness (QED) is 0.235. The van der Waals surface area contributed by atoms with E-state index in [1.807, 2.05) is 50.2 Å². The molecule has 5 rings (SSSR count). The molecule has 6 heteroatoms. The van der Waals surface area contributed by atoms with E-state index in [9.17, 15) is 19.8 Å². The summed E-state index contributed by atoms with van der Waals surface area (Å²) in [4.78, 5) is 31.1. The number of carbonyl (C=O) groups is 2. The maximum Gasteiger partial charge on any atom is 0.300 e. The van der Waals surface area contributed by atoms with E-state index >= 15 is 0 Å². The summed E-state index contributed by atoms with van der Waals surface area (Å²) in [6.07, 6.45) is 1.63. The Balaban J connectivity index is 1.77. The number of carbonyl (C=O) groups excluding carboxylic acids is 2. The van der Waals surface area contributed by atoms with Crippen LogP contribution >= 0.6 is 0 Å². The number of benzene rings is 3. The van der Waals surface area contributed by atoms with Crippen LogP contribution in [0.2, 0.25) is 0 Å². The Kier molecular flexibility index (Phi) is 4.78. The number of hydrogen-bond acceptors (Lipinski definition) is 4. The van der Waals surface area contributed by atoms with E-state index in [1.165, 1.54) is 17.0 Å². The average molecular weight is 438 g/mol. The third-order valence-corrected chi connectivity index (χ3v) is 6.24. The molecule has 3 aromatic carbocycles. The van der Waals surface area contributed by atoms with Gasteiger partial charge in [-0.15, -0.1) is 0 Å². The van der Waals surface area contributed by atoms with Gasteiger partial charge in [-0.25, -0.2) is 0 Å². The van der Waals surface area contributed by atoms with Crippen LogP contribution in [0.15, 0.2) is 78.5 Å². The number of nitrogens with one attached hydrogen (secondary N) is 1. The molecule has 0 spiro atoms. The lowest BCUT2D eigenvalue weighted by molar-refractivity contribution is -0.132. The Morgan fingerprint density at radius 2 is 1.73 bits per heavy atom. The number of ketones is 1. The van der Waals surface area contributed by atoms with Crippen molar-refractivity contribution in [2.75, 3.05) is 4.90 Å². The van der Waals surface area contributed by atoms with Crippen molar-refractivity contribution in [3.63, 3.8) is 0 Å². The van der Waals surface area contributed by atoms with Gasteiger partial charge in [-0.3, -0.25) is 14.5 Å². The van der Waals surface area contributed by atoms with E-state index in [4.69, 9.17) is 0 Å². The van der Waals surface area contributed by atoms with Crippen molar-refractivity contribution in [2.24, 2.45) is 0 Å². The van der Waals surface area contributed by atoms with E-state index in [2.05, 4.69) is 4.98 Å². The summed E-state index contributed by atoms with van der Waals surface area (Å²) in [6, 6.07) is 18.5. The first-order valence-corrected chi connectivity index (χ1v) is 10.6. The minimum Gasteiger partial charge on any atom is -0.508 e. The van der Waals surface area contributed by atoms with Gasteiger partial charge in [0.2, 0.25) is 0 Å². The molecular weight excluding hydrogens is 416 g/mol. The number of aromatic hydroxyl groups is 1. The van der Waals surface area contributed by atoms with Crippen molar-refractivity contribution >= 4 is 34.0 Å². The molecule has 1 aliphatic heterocycles. The largest absolute Gasteiger partial charge is 0.508 e. The summed E-state index contributed by atoms with van der Waals surface area (Å²) in [6.45, 7) is 3.90. The first-order chi connectivity index (χ1) is 15.9. The molecule has 0 saturated carbocycles. The van der Waals surface area contributed by atoms with Gasteiger partial charge in [-0.05, 0) is 60.9 Å². The Morgan fingerprint density at radius 1 is 0.939 bits per heavy atom. The summed E-state index contributed by atoms with van der Waals surface area (Å²) >= 11 is 0. The summed E-state index contributed by atoms with van der Waals surface area (Å²) in [5, 5.41) is 22.2. The highest BCUT2D eigenvalue weighted by molar-refractivity contribution is 6.51. The molecule has 0 aliphatic carbocycles. The molecule has 6 nitrogen and oxygen atoms in total. The Bertz CT molecular complexity index is 1460. The second-order valence-electron chi connectivity index (χ2n) is 8.28. The number of phenolic OH excluding ortho intramolecular Hbond substituents is 1. The van der Waals surface area contributed by atoms with E-state index in [0.29, 0.717) is 16.8 Å². The van der Waals surface area contributed by atoms with Crippen LogP contribution in [0.4, 0.5) is 5.69 Å². The smallest absolute Gasteiger partial charge is 0.300 e. The number of aryl methyl sites for hydroxylation is 2. The summed E-state index contributed by atoms with van der Waals surface area (Å²) in [5.74, 6) is -1.76. The third kappa shape index (κ3) is 3.27. The normalized spacial score (nSPS) is 17.8. The minimum atomic E-state index is -0.895. The summed E-state index contributed by atoms with van der Waals surface area (Å²) in [5.41, 5.74) is 4.32. The van der Waals surface area contributed by atoms with Gasteiger partial charge < -0.3 is 15.2 Å². The monoisotopic (exact) mass is 438 g/mol. The fourth-order valence-electron chi connectivity index (χ4n) is 4.40. The van der Waals surface area contributed by atoms with Crippen LogP contribution in [0.5, 0.6) is 5.75 Å². The number of rotatable bonds is 3. The number of para-hydroxylation sites is 1. The van der Waals surface area contributed by atoms with Gasteiger partial charge in [0.25, 0.3) is 11.7 Å². The molecule has 1 saturated heterocycles. The zero-order valence-corrected chi connectivity index (χ0v) is 18.2. The number of fused-ring (bicyclic) bond motifs is 1. The number of nitrogens with zero attached hydrogens (tertiary/aromatic N) is 1. The van der Waals surface area contributed by atoms with Gasteiger partial charge in [-0.1, -0.05) is 36.4 Å². The number of aromatic amines is 1. The molecule has 33 heavy (non-hydrogen) atoms. The van der Waals surface area contributed by atoms with E-state index in [-0.39, 0.29) is 17.1 Å². The maximum absolute atomic E-state index is 13.3. The minimum absolute atomic E-state index is 0.00488. The van der Waals surface area contributed by atoms with Gasteiger partial charge in [0, 0.05) is 28.4 Å². The Hall–Kier alpha value is -4.32. The van der Waals surface area contributed by atoms with Crippen LogP contribution in [0.25, 0.3) is 16.7 Å². The van der Waals surface area contributed by atoms with E-state index in [0.717, 1.165) is 22.0 Å². The van der Waals surface area contributed by atoms with Gasteiger partial charge in [0.15, 0.2) is 0 Å². The lowest BCUT2D eigenvalue weighted by Crippen LogP contribution is -2.29.